The first kappa shape index (κ1) is 14.7. The maximum absolute atomic E-state index is 6.27. The number of methoxy groups -OCH3 is 1. The molecular weight excluding hydrogens is 350 g/mol. The third-order valence-electron chi connectivity index (χ3n) is 3.93. The van der Waals surface area contributed by atoms with Gasteiger partial charge in [-0.3, -0.25) is 0 Å². The van der Waals surface area contributed by atoms with Crippen LogP contribution in [-0.2, 0) is 12.8 Å². The quantitative estimate of drug-likeness (QED) is 0.818. The standard InChI is InChI=1S/C17H17BrClNO/c1-21-15-6-7-16(19)17(10-15)20-14-5-3-11-8-13(18)4-2-12(11)9-14/h2,4,6-8,10,14,20H,3,5,9H2,1H3. The van der Waals surface area contributed by atoms with Gasteiger partial charge in [-0.15, -0.1) is 0 Å². The van der Waals surface area contributed by atoms with E-state index in [-0.39, 0.29) is 0 Å². The molecule has 1 unspecified atom stereocenters. The molecule has 0 saturated heterocycles. The Bertz CT molecular complexity index is 659. The average molecular weight is 367 g/mol. The van der Waals surface area contributed by atoms with E-state index in [2.05, 4.69) is 39.4 Å². The molecule has 0 aliphatic heterocycles. The fourth-order valence-corrected chi connectivity index (χ4v) is 3.39. The third-order valence-corrected chi connectivity index (χ3v) is 4.75. The van der Waals surface area contributed by atoms with Gasteiger partial charge in [0.25, 0.3) is 0 Å². The van der Waals surface area contributed by atoms with Crippen LogP contribution in [0.15, 0.2) is 40.9 Å². The number of ether oxygens (including phenoxy) is 1. The van der Waals surface area contributed by atoms with Crippen molar-refractivity contribution >= 4 is 33.2 Å². The molecule has 1 atom stereocenters. The van der Waals surface area contributed by atoms with Gasteiger partial charge in [0.05, 0.1) is 17.8 Å². The van der Waals surface area contributed by atoms with Crippen LogP contribution in [0.3, 0.4) is 0 Å². The largest absolute Gasteiger partial charge is 0.497 e. The van der Waals surface area contributed by atoms with Crippen LogP contribution in [-0.4, -0.2) is 13.2 Å². The molecule has 21 heavy (non-hydrogen) atoms. The van der Waals surface area contributed by atoms with Crippen molar-refractivity contribution in [1.29, 1.82) is 0 Å². The topological polar surface area (TPSA) is 21.3 Å². The molecule has 0 bridgehead atoms. The SMILES string of the molecule is COc1ccc(Cl)c(NC2CCc3cc(Br)ccc3C2)c1. The Balaban J connectivity index is 1.76. The van der Waals surface area contributed by atoms with Crippen molar-refractivity contribution in [2.75, 3.05) is 12.4 Å². The molecular formula is C17H17BrClNO. The molecule has 0 fully saturated rings. The van der Waals surface area contributed by atoms with Crippen molar-refractivity contribution in [2.45, 2.75) is 25.3 Å². The van der Waals surface area contributed by atoms with Crippen LogP contribution in [0.25, 0.3) is 0 Å². The summed E-state index contributed by atoms with van der Waals surface area (Å²) in [5.74, 6) is 0.821. The van der Waals surface area contributed by atoms with E-state index in [4.69, 9.17) is 16.3 Å². The molecule has 4 heteroatoms. The van der Waals surface area contributed by atoms with Gasteiger partial charge in [0.1, 0.15) is 5.75 Å². The summed E-state index contributed by atoms with van der Waals surface area (Å²) in [5.41, 5.74) is 3.81. The number of fused-ring (bicyclic) bond motifs is 1. The predicted octanol–water partition coefficient (Wildman–Crippen LogP) is 5.08. The number of halogens is 2. The van der Waals surface area contributed by atoms with E-state index in [1.54, 1.807) is 7.11 Å². The van der Waals surface area contributed by atoms with Gasteiger partial charge >= 0.3 is 0 Å². The van der Waals surface area contributed by atoms with Crippen LogP contribution < -0.4 is 10.1 Å². The van der Waals surface area contributed by atoms with E-state index in [0.717, 1.165) is 40.2 Å². The molecule has 2 nitrogen and oxygen atoms in total. The summed E-state index contributed by atoms with van der Waals surface area (Å²) >= 11 is 9.81. The highest BCUT2D eigenvalue weighted by Crippen LogP contribution is 2.31. The van der Waals surface area contributed by atoms with E-state index in [1.165, 1.54) is 11.1 Å². The first-order valence-corrected chi connectivity index (χ1v) is 8.20. The molecule has 2 aromatic carbocycles. The lowest BCUT2D eigenvalue weighted by molar-refractivity contribution is 0.415. The third kappa shape index (κ3) is 3.35. The van der Waals surface area contributed by atoms with Crippen LogP contribution in [0.1, 0.15) is 17.5 Å². The monoisotopic (exact) mass is 365 g/mol. The van der Waals surface area contributed by atoms with Crippen LogP contribution in [0.2, 0.25) is 5.02 Å². The summed E-state index contributed by atoms with van der Waals surface area (Å²) in [7, 11) is 1.67. The van der Waals surface area contributed by atoms with Gasteiger partial charge in [0.15, 0.2) is 0 Å². The molecule has 3 rings (SSSR count). The van der Waals surface area contributed by atoms with E-state index < -0.39 is 0 Å². The maximum atomic E-state index is 6.27. The van der Waals surface area contributed by atoms with Crippen molar-refractivity contribution < 1.29 is 4.74 Å². The molecule has 1 aliphatic rings. The van der Waals surface area contributed by atoms with Gasteiger partial charge in [-0.05, 0) is 54.7 Å². The lowest BCUT2D eigenvalue weighted by Crippen LogP contribution is -2.27. The minimum Gasteiger partial charge on any atom is -0.497 e. The summed E-state index contributed by atoms with van der Waals surface area (Å²) in [4.78, 5) is 0. The lowest BCUT2D eigenvalue weighted by Gasteiger charge is -2.27. The van der Waals surface area contributed by atoms with E-state index in [1.807, 2.05) is 18.2 Å². The Morgan fingerprint density at radius 3 is 2.86 bits per heavy atom. The predicted molar refractivity (Wildman–Crippen MR) is 91.6 cm³/mol. The molecule has 110 valence electrons. The molecule has 0 radical (unpaired) electrons. The first-order valence-electron chi connectivity index (χ1n) is 7.03. The van der Waals surface area contributed by atoms with Gasteiger partial charge in [0, 0.05) is 16.6 Å². The number of benzene rings is 2. The molecule has 0 heterocycles. The lowest BCUT2D eigenvalue weighted by atomic mass is 9.88. The minimum atomic E-state index is 0.406. The average Bonchev–Trinajstić information content (AvgIpc) is 2.49. The molecule has 2 aromatic rings. The van der Waals surface area contributed by atoms with E-state index >= 15 is 0 Å². The second-order valence-electron chi connectivity index (χ2n) is 5.34. The fourth-order valence-electron chi connectivity index (χ4n) is 2.81. The van der Waals surface area contributed by atoms with Crippen LogP contribution in [0.4, 0.5) is 5.69 Å². The summed E-state index contributed by atoms with van der Waals surface area (Å²) < 4.78 is 6.42. The highest BCUT2D eigenvalue weighted by atomic mass is 79.9. The van der Waals surface area contributed by atoms with E-state index in [9.17, 15) is 0 Å². The van der Waals surface area contributed by atoms with Crippen molar-refractivity contribution in [2.24, 2.45) is 0 Å². The van der Waals surface area contributed by atoms with Gasteiger partial charge in [-0.2, -0.15) is 0 Å². The maximum Gasteiger partial charge on any atom is 0.121 e. The van der Waals surface area contributed by atoms with Crippen molar-refractivity contribution in [1.82, 2.24) is 0 Å². The zero-order chi connectivity index (χ0) is 14.8. The summed E-state index contributed by atoms with van der Waals surface area (Å²) in [6.07, 6.45) is 3.22. The Hall–Kier alpha value is -1.19. The van der Waals surface area contributed by atoms with E-state index in [0.29, 0.717) is 6.04 Å². The number of anilines is 1. The second kappa shape index (κ2) is 6.29. The van der Waals surface area contributed by atoms with Gasteiger partial charge in [-0.1, -0.05) is 33.6 Å². The highest BCUT2D eigenvalue weighted by Gasteiger charge is 2.19. The second-order valence-corrected chi connectivity index (χ2v) is 6.67. The first-order chi connectivity index (χ1) is 10.2. The fraction of sp³-hybridized carbons (Fsp3) is 0.294. The van der Waals surface area contributed by atoms with Crippen molar-refractivity contribution in [3.05, 3.63) is 57.0 Å². The molecule has 0 aromatic heterocycles. The Labute approximate surface area is 138 Å². The Kier molecular flexibility index (Phi) is 4.41. The molecule has 1 aliphatic carbocycles. The summed E-state index contributed by atoms with van der Waals surface area (Å²) in [6.45, 7) is 0. The zero-order valence-electron chi connectivity index (χ0n) is 11.8. The Morgan fingerprint density at radius 2 is 2.05 bits per heavy atom. The van der Waals surface area contributed by atoms with Gasteiger partial charge in [0.2, 0.25) is 0 Å². The normalized spacial score (nSPS) is 17.2. The Morgan fingerprint density at radius 1 is 1.19 bits per heavy atom. The van der Waals surface area contributed by atoms with Crippen molar-refractivity contribution in [3.8, 4) is 5.75 Å². The summed E-state index contributed by atoms with van der Waals surface area (Å²) in [5, 5.41) is 4.29. The minimum absolute atomic E-state index is 0.406. The number of rotatable bonds is 3. The molecule has 0 spiro atoms. The summed E-state index contributed by atoms with van der Waals surface area (Å²) in [6, 6.07) is 12.7. The number of hydrogen-bond acceptors (Lipinski definition) is 2. The van der Waals surface area contributed by atoms with Crippen molar-refractivity contribution in [3.63, 3.8) is 0 Å². The van der Waals surface area contributed by atoms with Gasteiger partial charge in [-0.25, -0.2) is 0 Å². The number of aryl methyl sites for hydroxylation is 1. The van der Waals surface area contributed by atoms with Crippen LogP contribution >= 0.6 is 27.5 Å². The van der Waals surface area contributed by atoms with Crippen LogP contribution in [0.5, 0.6) is 5.75 Å². The van der Waals surface area contributed by atoms with Crippen LogP contribution in [0, 0.1) is 0 Å². The molecule has 0 saturated carbocycles. The number of nitrogens with one attached hydrogen (secondary N) is 1. The molecule has 1 N–H and O–H groups in total. The van der Waals surface area contributed by atoms with Gasteiger partial charge < -0.3 is 10.1 Å². The number of hydrogen-bond donors (Lipinski definition) is 1. The molecule has 0 amide bonds. The zero-order valence-corrected chi connectivity index (χ0v) is 14.2. The highest BCUT2D eigenvalue weighted by molar-refractivity contribution is 9.10. The smallest absolute Gasteiger partial charge is 0.121 e.